The number of nitrogens with one attached hydrogen (secondary N) is 2. The van der Waals surface area contributed by atoms with Crippen LogP contribution in [0, 0.1) is 0 Å². The second kappa shape index (κ2) is 6.72. The summed E-state index contributed by atoms with van der Waals surface area (Å²) in [5, 5.41) is 0. The van der Waals surface area contributed by atoms with Crippen LogP contribution in [0.15, 0.2) is 0 Å². The molecule has 0 saturated carbocycles. The van der Waals surface area contributed by atoms with Crippen molar-refractivity contribution < 1.29 is 19.1 Å². The maximum absolute atomic E-state index is 11.5. The number of ether oxygens (including phenoxy) is 1. The molecular weight excluding hydrogens is 226 g/mol. The predicted molar refractivity (Wildman–Crippen MR) is 58.7 cm³/mol. The Kier molecular flexibility index (Phi) is 5.25. The third-order valence-electron chi connectivity index (χ3n) is 2.39. The van der Waals surface area contributed by atoms with E-state index in [4.69, 9.17) is 0 Å². The van der Waals surface area contributed by atoms with Crippen molar-refractivity contribution in [2.75, 3.05) is 19.7 Å². The Morgan fingerprint density at radius 2 is 1.76 bits per heavy atom. The number of piperidine rings is 1. The van der Waals surface area contributed by atoms with Gasteiger partial charge in [-0.05, 0) is 26.2 Å². The monoisotopic (exact) mass is 243 g/mol. The Hall–Kier alpha value is -1.79. The lowest BCUT2D eigenvalue weighted by Gasteiger charge is -2.26. The molecule has 0 bridgehead atoms. The van der Waals surface area contributed by atoms with Crippen molar-refractivity contribution in [2.24, 2.45) is 0 Å². The molecule has 0 spiro atoms. The summed E-state index contributed by atoms with van der Waals surface area (Å²) in [4.78, 5) is 35.2. The molecule has 0 aliphatic carbocycles. The standard InChI is InChI=1S/C10H17N3O4/c1-2-17-9(15)8(14)11-12-10(16)13-6-4-3-5-7-13/h2-7H2,1H3,(H,11,14)(H,12,16). The summed E-state index contributed by atoms with van der Waals surface area (Å²) in [5.74, 6) is -1.98. The molecule has 1 fully saturated rings. The van der Waals surface area contributed by atoms with Gasteiger partial charge in [0.25, 0.3) is 0 Å². The first-order chi connectivity index (χ1) is 8.15. The largest absolute Gasteiger partial charge is 0.459 e. The van der Waals surface area contributed by atoms with E-state index in [-0.39, 0.29) is 6.61 Å². The van der Waals surface area contributed by atoms with Gasteiger partial charge >= 0.3 is 17.9 Å². The number of likely N-dealkylation sites (tertiary alicyclic amines) is 1. The highest BCUT2D eigenvalue weighted by molar-refractivity contribution is 6.32. The summed E-state index contributed by atoms with van der Waals surface area (Å²) in [6.45, 7) is 3.05. The van der Waals surface area contributed by atoms with Crippen molar-refractivity contribution >= 4 is 17.9 Å². The summed E-state index contributed by atoms with van der Waals surface area (Å²) < 4.78 is 4.47. The van der Waals surface area contributed by atoms with E-state index in [1.165, 1.54) is 0 Å². The van der Waals surface area contributed by atoms with Crippen LogP contribution in [0.25, 0.3) is 0 Å². The molecule has 7 heteroatoms. The molecule has 2 N–H and O–H groups in total. The van der Waals surface area contributed by atoms with Crippen LogP contribution in [0.4, 0.5) is 4.79 Å². The molecule has 1 heterocycles. The van der Waals surface area contributed by atoms with Crippen molar-refractivity contribution in [2.45, 2.75) is 26.2 Å². The third-order valence-corrected chi connectivity index (χ3v) is 2.39. The molecule has 1 aliphatic rings. The van der Waals surface area contributed by atoms with Crippen LogP contribution in [-0.4, -0.2) is 42.5 Å². The number of hydrogen-bond acceptors (Lipinski definition) is 4. The van der Waals surface area contributed by atoms with Crippen molar-refractivity contribution in [1.82, 2.24) is 15.8 Å². The van der Waals surface area contributed by atoms with Crippen molar-refractivity contribution in [3.63, 3.8) is 0 Å². The third kappa shape index (κ3) is 4.29. The van der Waals surface area contributed by atoms with E-state index >= 15 is 0 Å². The van der Waals surface area contributed by atoms with Crippen molar-refractivity contribution in [1.29, 1.82) is 0 Å². The molecule has 0 unspecified atom stereocenters. The average molecular weight is 243 g/mol. The normalized spacial score (nSPS) is 15.0. The molecule has 1 rings (SSSR count). The zero-order valence-electron chi connectivity index (χ0n) is 9.82. The van der Waals surface area contributed by atoms with Gasteiger partial charge in [0.2, 0.25) is 0 Å². The molecule has 17 heavy (non-hydrogen) atoms. The van der Waals surface area contributed by atoms with Crippen LogP contribution >= 0.6 is 0 Å². The van der Waals surface area contributed by atoms with E-state index in [1.807, 2.05) is 5.43 Å². The molecule has 96 valence electrons. The zero-order chi connectivity index (χ0) is 12.7. The van der Waals surface area contributed by atoms with Gasteiger partial charge in [-0.25, -0.2) is 15.0 Å². The fourth-order valence-electron chi connectivity index (χ4n) is 1.53. The Bertz CT molecular complexity index is 300. The van der Waals surface area contributed by atoms with Gasteiger partial charge in [-0.3, -0.25) is 10.2 Å². The highest BCUT2D eigenvalue weighted by Gasteiger charge is 2.19. The maximum Gasteiger partial charge on any atom is 0.398 e. The first-order valence-electron chi connectivity index (χ1n) is 5.67. The van der Waals surface area contributed by atoms with Gasteiger partial charge in [0, 0.05) is 13.1 Å². The summed E-state index contributed by atoms with van der Waals surface area (Å²) in [5.41, 5.74) is 4.19. The molecule has 0 aromatic heterocycles. The molecule has 3 amide bonds. The van der Waals surface area contributed by atoms with Crippen molar-refractivity contribution in [3.05, 3.63) is 0 Å². The number of urea groups is 1. The van der Waals surface area contributed by atoms with Gasteiger partial charge < -0.3 is 9.64 Å². The summed E-state index contributed by atoms with van der Waals surface area (Å²) in [6.07, 6.45) is 3.03. The molecule has 0 aromatic rings. The molecule has 7 nitrogen and oxygen atoms in total. The Morgan fingerprint density at radius 3 is 2.35 bits per heavy atom. The number of carbonyl (C=O) groups excluding carboxylic acids is 3. The second-order valence-electron chi connectivity index (χ2n) is 3.65. The van der Waals surface area contributed by atoms with Crippen LogP contribution < -0.4 is 10.9 Å². The number of hydrogen-bond donors (Lipinski definition) is 2. The first kappa shape index (κ1) is 13.3. The number of esters is 1. The van der Waals surface area contributed by atoms with Gasteiger partial charge in [-0.1, -0.05) is 0 Å². The molecule has 1 aliphatic heterocycles. The van der Waals surface area contributed by atoms with Gasteiger partial charge in [-0.2, -0.15) is 0 Å². The number of amides is 3. The topological polar surface area (TPSA) is 87.7 Å². The SMILES string of the molecule is CCOC(=O)C(=O)NNC(=O)N1CCCCC1. The minimum Gasteiger partial charge on any atom is -0.459 e. The van der Waals surface area contributed by atoms with E-state index in [0.29, 0.717) is 13.1 Å². The number of carbonyl (C=O) groups is 3. The average Bonchev–Trinajstić information content (AvgIpc) is 2.36. The van der Waals surface area contributed by atoms with Crippen LogP contribution in [0.2, 0.25) is 0 Å². The van der Waals surface area contributed by atoms with Crippen LogP contribution in [-0.2, 0) is 14.3 Å². The zero-order valence-corrected chi connectivity index (χ0v) is 9.82. The summed E-state index contributed by atoms with van der Waals surface area (Å²) >= 11 is 0. The number of nitrogens with zero attached hydrogens (tertiary/aromatic N) is 1. The van der Waals surface area contributed by atoms with Gasteiger partial charge in [-0.15, -0.1) is 0 Å². The van der Waals surface area contributed by atoms with Crippen molar-refractivity contribution in [3.8, 4) is 0 Å². The smallest absolute Gasteiger partial charge is 0.398 e. The molecule has 0 aromatic carbocycles. The number of hydrazine groups is 1. The van der Waals surface area contributed by atoms with E-state index in [1.54, 1.807) is 11.8 Å². The van der Waals surface area contributed by atoms with Gasteiger partial charge in [0.1, 0.15) is 0 Å². The molecule has 0 atom stereocenters. The fraction of sp³-hybridized carbons (Fsp3) is 0.700. The number of rotatable bonds is 1. The quantitative estimate of drug-likeness (QED) is 0.378. The van der Waals surface area contributed by atoms with Crippen LogP contribution in [0.5, 0.6) is 0 Å². The predicted octanol–water partition coefficient (Wildman–Crippen LogP) is -0.224. The second-order valence-corrected chi connectivity index (χ2v) is 3.65. The van der Waals surface area contributed by atoms with E-state index in [0.717, 1.165) is 19.3 Å². The Labute approximate surface area is 99.4 Å². The summed E-state index contributed by atoms with van der Waals surface area (Å²) in [7, 11) is 0. The van der Waals surface area contributed by atoms with E-state index in [2.05, 4.69) is 10.2 Å². The molecule has 0 radical (unpaired) electrons. The molecule has 1 saturated heterocycles. The van der Waals surface area contributed by atoms with E-state index in [9.17, 15) is 14.4 Å². The van der Waals surface area contributed by atoms with Crippen LogP contribution in [0.3, 0.4) is 0 Å². The van der Waals surface area contributed by atoms with Gasteiger partial charge in [0.05, 0.1) is 6.61 Å². The first-order valence-corrected chi connectivity index (χ1v) is 5.67. The minimum absolute atomic E-state index is 0.117. The highest BCUT2D eigenvalue weighted by atomic mass is 16.5. The summed E-state index contributed by atoms with van der Waals surface area (Å²) in [6, 6.07) is -0.401. The lowest BCUT2D eigenvalue weighted by atomic mass is 10.1. The highest BCUT2D eigenvalue weighted by Crippen LogP contribution is 2.07. The minimum atomic E-state index is -1.01. The lowest BCUT2D eigenvalue weighted by Crippen LogP contribution is -2.51. The fourth-order valence-corrected chi connectivity index (χ4v) is 1.53. The Morgan fingerprint density at radius 1 is 1.12 bits per heavy atom. The van der Waals surface area contributed by atoms with Gasteiger partial charge in [0.15, 0.2) is 0 Å². The van der Waals surface area contributed by atoms with E-state index < -0.39 is 17.9 Å². The Balaban J connectivity index is 2.27. The van der Waals surface area contributed by atoms with Crippen LogP contribution in [0.1, 0.15) is 26.2 Å². The molecular formula is C10H17N3O4. The maximum atomic E-state index is 11.5. The lowest BCUT2D eigenvalue weighted by molar-refractivity contribution is -0.154.